The maximum absolute atomic E-state index is 12.5. The summed E-state index contributed by atoms with van der Waals surface area (Å²) < 4.78 is 0. The van der Waals surface area contributed by atoms with Crippen LogP contribution in [0.5, 0.6) is 0 Å². The number of likely N-dealkylation sites (tertiary alicyclic amines) is 1. The lowest BCUT2D eigenvalue weighted by molar-refractivity contribution is 0.0770. The Balaban J connectivity index is 2.28. The van der Waals surface area contributed by atoms with Crippen molar-refractivity contribution in [1.82, 2.24) is 4.90 Å². The molecule has 1 amide bonds. The standard InChI is InChI=1S/C14H18N2OS/c1-9-6-10(2)8-11(7-9)14(17)16-5-3-4-12(16)13(15)18/h6-8,12H,3-5H2,1-2H3,(H2,15,18). The number of carbonyl (C=O) groups excluding carboxylic acids is 1. The lowest BCUT2D eigenvalue weighted by atomic mass is 10.1. The average Bonchev–Trinajstić information content (AvgIpc) is 2.75. The number of nitrogens with two attached hydrogens (primary N) is 1. The zero-order chi connectivity index (χ0) is 13.3. The molecule has 0 aliphatic carbocycles. The minimum atomic E-state index is -0.0756. The molecule has 18 heavy (non-hydrogen) atoms. The van der Waals surface area contributed by atoms with Crippen molar-refractivity contribution < 1.29 is 4.79 Å². The molecular formula is C14H18N2OS. The molecule has 1 aromatic carbocycles. The second kappa shape index (κ2) is 5.06. The van der Waals surface area contributed by atoms with Crippen LogP contribution < -0.4 is 5.73 Å². The van der Waals surface area contributed by atoms with E-state index in [9.17, 15) is 4.79 Å². The number of nitrogens with zero attached hydrogens (tertiary/aromatic N) is 1. The number of thiocarbonyl (C=S) groups is 1. The van der Waals surface area contributed by atoms with Crippen LogP contribution in [0.3, 0.4) is 0 Å². The van der Waals surface area contributed by atoms with E-state index in [-0.39, 0.29) is 11.9 Å². The van der Waals surface area contributed by atoms with Crippen LogP contribution in [0.4, 0.5) is 0 Å². The van der Waals surface area contributed by atoms with Gasteiger partial charge in [-0.15, -0.1) is 0 Å². The van der Waals surface area contributed by atoms with Crippen molar-refractivity contribution in [2.24, 2.45) is 5.73 Å². The molecule has 0 aromatic heterocycles. The Labute approximate surface area is 113 Å². The first-order valence-electron chi connectivity index (χ1n) is 6.17. The van der Waals surface area contributed by atoms with Crippen molar-refractivity contribution in [2.45, 2.75) is 32.7 Å². The van der Waals surface area contributed by atoms with Gasteiger partial charge in [-0.2, -0.15) is 0 Å². The third kappa shape index (κ3) is 2.53. The molecule has 96 valence electrons. The molecule has 0 saturated carbocycles. The van der Waals surface area contributed by atoms with Crippen LogP contribution in [0.15, 0.2) is 18.2 Å². The highest BCUT2D eigenvalue weighted by atomic mass is 32.1. The summed E-state index contributed by atoms with van der Waals surface area (Å²) >= 11 is 5.04. The highest BCUT2D eigenvalue weighted by Crippen LogP contribution is 2.21. The Kier molecular flexibility index (Phi) is 3.66. The fraction of sp³-hybridized carbons (Fsp3) is 0.429. The summed E-state index contributed by atoms with van der Waals surface area (Å²) in [6.07, 6.45) is 1.85. The van der Waals surface area contributed by atoms with Gasteiger partial charge in [0.15, 0.2) is 0 Å². The van der Waals surface area contributed by atoms with E-state index in [1.165, 1.54) is 0 Å². The lowest BCUT2D eigenvalue weighted by Crippen LogP contribution is -2.42. The molecular weight excluding hydrogens is 244 g/mol. The molecule has 1 fully saturated rings. The summed E-state index contributed by atoms with van der Waals surface area (Å²) in [5.74, 6) is 0.0390. The van der Waals surface area contributed by atoms with Crippen molar-refractivity contribution in [3.63, 3.8) is 0 Å². The van der Waals surface area contributed by atoms with E-state index in [2.05, 4.69) is 6.07 Å². The molecule has 1 atom stereocenters. The predicted molar refractivity (Wildman–Crippen MR) is 76.8 cm³/mol. The molecule has 2 rings (SSSR count). The summed E-state index contributed by atoms with van der Waals surface area (Å²) in [5.41, 5.74) is 8.64. The van der Waals surface area contributed by atoms with E-state index in [0.717, 1.165) is 36.1 Å². The molecule has 1 heterocycles. The second-order valence-corrected chi connectivity index (χ2v) is 5.41. The van der Waals surface area contributed by atoms with Gasteiger partial charge in [0, 0.05) is 12.1 Å². The molecule has 1 aliphatic heterocycles. The zero-order valence-corrected chi connectivity index (χ0v) is 11.6. The lowest BCUT2D eigenvalue weighted by Gasteiger charge is -2.24. The molecule has 3 nitrogen and oxygen atoms in total. The van der Waals surface area contributed by atoms with Crippen molar-refractivity contribution >= 4 is 23.1 Å². The van der Waals surface area contributed by atoms with Crippen LogP contribution in [0.2, 0.25) is 0 Å². The number of hydrogen-bond donors (Lipinski definition) is 1. The summed E-state index contributed by atoms with van der Waals surface area (Å²) in [6.45, 7) is 4.74. The molecule has 0 radical (unpaired) electrons. The average molecular weight is 262 g/mol. The SMILES string of the molecule is Cc1cc(C)cc(C(=O)N2CCCC2C(N)=S)c1. The van der Waals surface area contributed by atoms with E-state index in [0.29, 0.717) is 4.99 Å². The number of benzene rings is 1. The van der Waals surface area contributed by atoms with Crippen molar-refractivity contribution in [3.05, 3.63) is 34.9 Å². The Hall–Kier alpha value is -1.42. The molecule has 1 unspecified atom stereocenters. The van der Waals surface area contributed by atoms with Gasteiger partial charge < -0.3 is 10.6 Å². The number of aryl methyl sites for hydroxylation is 2. The number of amides is 1. The van der Waals surface area contributed by atoms with Crippen molar-refractivity contribution in [2.75, 3.05) is 6.54 Å². The molecule has 4 heteroatoms. The molecule has 1 aromatic rings. The third-order valence-corrected chi connectivity index (χ3v) is 3.58. The Morgan fingerprint density at radius 2 is 1.94 bits per heavy atom. The maximum atomic E-state index is 12.5. The fourth-order valence-corrected chi connectivity index (χ4v) is 2.81. The minimum absolute atomic E-state index is 0.0390. The monoisotopic (exact) mass is 262 g/mol. The first-order valence-corrected chi connectivity index (χ1v) is 6.58. The van der Waals surface area contributed by atoms with Gasteiger partial charge in [0.2, 0.25) is 0 Å². The topological polar surface area (TPSA) is 46.3 Å². The Morgan fingerprint density at radius 1 is 1.33 bits per heavy atom. The van der Waals surface area contributed by atoms with Gasteiger partial charge in [-0.25, -0.2) is 0 Å². The number of rotatable bonds is 2. The summed E-state index contributed by atoms with van der Waals surface area (Å²) in [6, 6.07) is 5.83. The van der Waals surface area contributed by atoms with E-state index in [1.54, 1.807) is 4.90 Å². The van der Waals surface area contributed by atoms with Gasteiger partial charge in [0.1, 0.15) is 0 Å². The predicted octanol–water partition coefficient (Wildman–Crippen LogP) is 2.19. The van der Waals surface area contributed by atoms with Gasteiger partial charge in [0.25, 0.3) is 5.91 Å². The van der Waals surface area contributed by atoms with E-state index in [4.69, 9.17) is 18.0 Å². The van der Waals surface area contributed by atoms with Crippen LogP contribution >= 0.6 is 12.2 Å². The Bertz CT molecular complexity index is 478. The zero-order valence-electron chi connectivity index (χ0n) is 10.8. The van der Waals surface area contributed by atoms with Gasteiger partial charge >= 0.3 is 0 Å². The second-order valence-electron chi connectivity index (χ2n) is 4.94. The summed E-state index contributed by atoms with van der Waals surface area (Å²) in [4.78, 5) is 14.7. The molecule has 1 saturated heterocycles. The normalized spacial score (nSPS) is 19.0. The first kappa shape index (κ1) is 13.0. The van der Waals surface area contributed by atoms with E-state index in [1.807, 2.05) is 26.0 Å². The van der Waals surface area contributed by atoms with Crippen LogP contribution in [-0.4, -0.2) is 28.4 Å². The molecule has 2 N–H and O–H groups in total. The highest BCUT2D eigenvalue weighted by Gasteiger charge is 2.31. The highest BCUT2D eigenvalue weighted by molar-refractivity contribution is 7.80. The third-order valence-electron chi connectivity index (χ3n) is 3.31. The van der Waals surface area contributed by atoms with Crippen LogP contribution in [0.25, 0.3) is 0 Å². The van der Waals surface area contributed by atoms with Crippen LogP contribution in [0.1, 0.15) is 34.3 Å². The van der Waals surface area contributed by atoms with Crippen molar-refractivity contribution in [1.29, 1.82) is 0 Å². The van der Waals surface area contributed by atoms with Gasteiger partial charge in [-0.3, -0.25) is 4.79 Å². The van der Waals surface area contributed by atoms with Crippen LogP contribution in [0, 0.1) is 13.8 Å². The Morgan fingerprint density at radius 3 is 2.50 bits per heavy atom. The van der Waals surface area contributed by atoms with E-state index < -0.39 is 0 Å². The molecule has 0 bridgehead atoms. The fourth-order valence-electron chi connectivity index (χ4n) is 2.57. The molecule has 0 spiro atoms. The minimum Gasteiger partial charge on any atom is -0.392 e. The summed E-state index contributed by atoms with van der Waals surface area (Å²) in [7, 11) is 0. The largest absolute Gasteiger partial charge is 0.392 e. The van der Waals surface area contributed by atoms with Crippen molar-refractivity contribution in [3.8, 4) is 0 Å². The number of carbonyl (C=O) groups is 1. The van der Waals surface area contributed by atoms with Crippen LogP contribution in [-0.2, 0) is 0 Å². The first-order chi connectivity index (χ1) is 8.49. The smallest absolute Gasteiger partial charge is 0.254 e. The van der Waals surface area contributed by atoms with Gasteiger partial charge in [-0.1, -0.05) is 29.4 Å². The van der Waals surface area contributed by atoms with Gasteiger partial charge in [-0.05, 0) is 38.8 Å². The number of hydrogen-bond acceptors (Lipinski definition) is 2. The maximum Gasteiger partial charge on any atom is 0.254 e. The summed E-state index contributed by atoms with van der Waals surface area (Å²) in [5, 5.41) is 0. The quantitative estimate of drug-likeness (QED) is 0.831. The molecule has 1 aliphatic rings. The van der Waals surface area contributed by atoms with Gasteiger partial charge in [0.05, 0.1) is 11.0 Å². The van der Waals surface area contributed by atoms with E-state index >= 15 is 0 Å².